The minimum atomic E-state index is 0.743. The van der Waals surface area contributed by atoms with Crippen molar-refractivity contribution in [1.29, 1.82) is 0 Å². The molecule has 1 fully saturated rings. The van der Waals surface area contributed by atoms with Crippen LogP contribution in [-0.2, 0) is 6.54 Å². The van der Waals surface area contributed by atoms with Crippen molar-refractivity contribution >= 4 is 11.0 Å². The van der Waals surface area contributed by atoms with Gasteiger partial charge in [0.1, 0.15) is 0 Å². The standard InChI is InChI=1S/C22H25NO2/c1-2-23(25-21-12-6-10-19-13-14-24-22(19)21)16-17-7-5-11-20(15-17)18-8-3-4-9-18/h5-7,10-15,18H,2-4,8-9,16H2,1H3. The summed E-state index contributed by atoms with van der Waals surface area (Å²) in [6.45, 7) is 3.70. The third-order valence-corrected chi connectivity index (χ3v) is 5.16. The van der Waals surface area contributed by atoms with Crippen LogP contribution < -0.4 is 4.84 Å². The molecule has 0 unspecified atom stereocenters. The van der Waals surface area contributed by atoms with Crippen molar-refractivity contribution in [2.24, 2.45) is 0 Å². The lowest BCUT2D eigenvalue weighted by molar-refractivity contribution is -0.0616. The molecule has 0 N–H and O–H groups in total. The van der Waals surface area contributed by atoms with Crippen LogP contribution in [0.2, 0.25) is 0 Å². The minimum absolute atomic E-state index is 0.743. The first-order valence-corrected chi connectivity index (χ1v) is 9.31. The molecule has 1 saturated carbocycles. The number of rotatable bonds is 6. The molecule has 0 saturated heterocycles. The molecule has 4 rings (SSSR count). The maximum Gasteiger partial charge on any atom is 0.190 e. The number of hydroxylamine groups is 2. The molecule has 0 atom stereocenters. The van der Waals surface area contributed by atoms with Crippen molar-refractivity contribution < 1.29 is 9.25 Å². The van der Waals surface area contributed by atoms with E-state index in [1.54, 1.807) is 6.26 Å². The van der Waals surface area contributed by atoms with E-state index in [4.69, 9.17) is 9.25 Å². The molecular weight excluding hydrogens is 310 g/mol. The van der Waals surface area contributed by atoms with E-state index in [1.807, 2.05) is 29.3 Å². The molecule has 1 aliphatic carbocycles. The average molecular weight is 335 g/mol. The number of hydrogen-bond acceptors (Lipinski definition) is 3. The van der Waals surface area contributed by atoms with Crippen molar-refractivity contribution in [2.75, 3.05) is 6.54 Å². The van der Waals surface area contributed by atoms with E-state index in [1.165, 1.54) is 36.8 Å². The van der Waals surface area contributed by atoms with E-state index < -0.39 is 0 Å². The molecule has 0 spiro atoms. The fourth-order valence-electron chi connectivity index (χ4n) is 3.79. The Kier molecular flexibility index (Phi) is 4.75. The van der Waals surface area contributed by atoms with Gasteiger partial charge in [-0.15, -0.1) is 5.06 Å². The van der Waals surface area contributed by atoms with Crippen LogP contribution in [0.5, 0.6) is 5.75 Å². The quantitative estimate of drug-likeness (QED) is 0.524. The van der Waals surface area contributed by atoms with Gasteiger partial charge < -0.3 is 9.25 Å². The van der Waals surface area contributed by atoms with Crippen molar-refractivity contribution in [3.05, 3.63) is 65.9 Å². The van der Waals surface area contributed by atoms with Crippen molar-refractivity contribution in [1.82, 2.24) is 5.06 Å². The Morgan fingerprint density at radius 3 is 2.76 bits per heavy atom. The summed E-state index contributed by atoms with van der Waals surface area (Å²) < 4.78 is 5.58. The van der Waals surface area contributed by atoms with E-state index in [2.05, 4.69) is 31.2 Å². The lowest BCUT2D eigenvalue weighted by atomic mass is 9.96. The maximum absolute atomic E-state index is 6.14. The molecule has 2 aromatic carbocycles. The highest BCUT2D eigenvalue weighted by Gasteiger charge is 2.17. The molecule has 3 nitrogen and oxygen atoms in total. The number of para-hydroxylation sites is 1. The summed E-state index contributed by atoms with van der Waals surface area (Å²) in [5.74, 6) is 1.52. The molecule has 1 aliphatic rings. The van der Waals surface area contributed by atoms with E-state index in [0.717, 1.165) is 35.7 Å². The largest absolute Gasteiger partial charge is 0.460 e. The van der Waals surface area contributed by atoms with Gasteiger partial charge in [0.15, 0.2) is 11.3 Å². The topological polar surface area (TPSA) is 25.6 Å². The zero-order valence-corrected chi connectivity index (χ0v) is 14.8. The van der Waals surface area contributed by atoms with Gasteiger partial charge in [-0.3, -0.25) is 0 Å². The summed E-state index contributed by atoms with van der Waals surface area (Å²) in [7, 11) is 0. The first-order valence-electron chi connectivity index (χ1n) is 9.31. The van der Waals surface area contributed by atoms with Gasteiger partial charge in [-0.1, -0.05) is 49.2 Å². The highest BCUT2D eigenvalue weighted by molar-refractivity contribution is 5.82. The minimum Gasteiger partial charge on any atom is -0.460 e. The van der Waals surface area contributed by atoms with Crippen LogP contribution in [0.3, 0.4) is 0 Å². The lowest BCUT2D eigenvalue weighted by Gasteiger charge is -2.21. The lowest BCUT2D eigenvalue weighted by Crippen LogP contribution is -2.26. The molecule has 3 heteroatoms. The second kappa shape index (κ2) is 7.32. The summed E-state index contributed by atoms with van der Waals surface area (Å²) in [6.07, 6.45) is 7.10. The zero-order valence-electron chi connectivity index (χ0n) is 14.8. The Balaban J connectivity index is 1.50. The molecule has 1 heterocycles. The van der Waals surface area contributed by atoms with Crippen LogP contribution in [0.25, 0.3) is 11.0 Å². The third kappa shape index (κ3) is 3.57. The second-order valence-corrected chi connectivity index (χ2v) is 6.87. The van der Waals surface area contributed by atoms with E-state index in [0.29, 0.717) is 0 Å². The predicted octanol–water partition coefficient (Wildman–Crippen LogP) is 5.91. The van der Waals surface area contributed by atoms with Crippen LogP contribution >= 0.6 is 0 Å². The van der Waals surface area contributed by atoms with Gasteiger partial charge in [-0.25, -0.2) is 0 Å². The zero-order chi connectivity index (χ0) is 17.1. The molecule has 0 aliphatic heterocycles. The second-order valence-electron chi connectivity index (χ2n) is 6.87. The van der Waals surface area contributed by atoms with E-state index >= 15 is 0 Å². The van der Waals surface area contributed by atoms with E-state index in [9.17, 15) is 0 Å². The summed E-state index contributed by atoms with van der Waals surface area (Å²) in [4.78, 5) is 6.14. The predicted molar refractivity (Wildman–Crippen MR) is 101 cm³/mol. The van der Waals surface area contributed by atoms with Gasteiger partial charge in [-0.2, -0.15) is 0 Å². The Labute approximate surface area is 149 Å². The van der Waals surface area contributed by atoms with Crippen LogP contribution in [-0.4, -0.2) is 11.6 Å². The van der Waals surface area contributed by atoms with Crippen molar-refractivity contribution in [3.8, 4) is 5.75 Å². The summed E-state index contributed by atoms with van der Waals surface area (Å²) in [6, 6.07) is 17.0. The Bertz CT molecular complexity index is 833. The average Bonchev–Trinajstić information content (AvgIpc) is 3.33. The highest BCUT2D eigenvalue weighted by atomic mass is 16.7. The molecule has 0 amide bonds. The molecule has 0 bridgehead atoms. The highest BCUT2D eigenvalue weighted by Crippen LogP contribution is 2.34. The summed E-state index contributed by atoms with van der Waals surface area (Å²) in [5.41, 5.74) is 3.60. The van der Waals surface area contributed by atoms with Gasteiger partial charge >= 0.3 is 0 Å². The summed E-state index contributed by atoms with van der Waals surface area (Å²) in [5, 5.41) is 3.06. The Morgan fingerprint density at radius 1 is 1.08 bits per heavy atom. The number of hydrogen-bond donors (Lipinski definition) is 0. The number of nitrogens with zero attached hydrogens (tertiary/aromatic N) is 1. The normalized spacial score (nSPS) is 15.3. The Morgan fingerprint density at radius 2 is 1.92 bits per heavy atom. The van der Waals surface area contributed by atoms with Crippen LogP contribution in [0.1, 0.15) is 49.7 Å². The maximum atomic E-state index is 6.14. The third-order valence-electron chi connectivity index (χ3n) is 5.16. The van der Waals surface area contributed by atoms with Crippen LogP contribution in [0, 0.1) is 0 Å². The molecule has 1 aromatic heterocycles. The first kappa shape index (κ1) is 16.2. The van der Waals surface area contributed by atoms with Gasteiger partial charge in [-0.05, 0) is 48.9 Å². The SMILES string of the molecule is CCN(Cc1cccc(C2CCCC2)c1)Oc1cccc2ccoc12. The van der Waals surface area contributed by atoms with Gasteiger partial charge in [0.2, 0.25) is 0 Å². The van der Waals surface area contributed by atoms with Crippen molar-refractivity contribution in [3.63, 3.8) is 0 Å². The van der Waals surface area contributed by atoms with Crippen LogP contribution in [0.4, 0.5) is 0 Å². The molecule has 130 valence electrons. The molecular formula is C22H25NO2. The van der Waals surface area contributed by atoms with Crippen LogP contribution in [0.15, 0.2) is 59.2 Å². The monoisotopic (exact) mass is 335 g/mol. The smallest absolute Gasteiger partial charge is 0.190 e. The molecule has 25 heavy (non-hydrogen) atoms. The van der Waals surface area contributed by atoms with Gasteiger partial charge in [0.05, 0.1) is 12.8 Å². The number of furan rings is 1. The number of benzene rings is 2. The molecule has 0 radical (unpaired) electrons. The van der Waals surface area contributed by atoms with E-state index in [-0.39, 0.29) is 0 Å². The Hall–Kier alpha value is -2.26. The first-order chi connectivity index (χ1) is 12.3. The van der Waals surface area contributed by atoms with Crippen molar-refractivity contribution in [2.45, 2.75) is 45.1 Å². The molecule has 3 aromatic rings. The fourth-order valence-corrected chi connectivity index (χ4v) is 3.79. The summed E-state index contributed by atoms with van der Waals surface area (Å²) >= 11 is 0. The number of fused-ring (bicyclic) bond motifs is 1. The van der Waals surface area contributed by atoms with Gasteiger partial charge in [0, 0.05) is 11.9 Å². The fraction of sp³-hybridized carbons (Fsp3) is 0.364. The van der Waals surface area contributed by atoms with Gasteiger partial charge in [0.25, 0.3) is 0 Å².